The van der Waals surface area contributed by atoms with Crippen molar-refractivity contribution in [1.29, 1.82) is 0 Å². The highest BCUT2D eigenvalue weighted by Gasteiger charge is 2.23. The van der Waals surface area contributed by atoms with Gasteiger partial charge < -0.3 is 9.13 Å². The lowest BCUT2D eigenvalue weighted by atomic mass is 9.97. The van der Waals surface area contributed by atoms with Crippen LogP contribution < -0.4 is 0 Å². The van der Waals surface area contributed by atoms with Crippen LogP contribution in [0.3, 0.4) is 0 Å². The molecule has 0 aliphatic carbocycles. The van der Waals surface area contributed by atoms with Crippen molar-refractivity contribution in [3.63, 3.8) is 0 Å². The van der Waals surface area contributed by atoms with Crippen molar-refractivity contribution in [2.24, 2.45) is 0 Å². The van der Waals surface area contributed by atoms with Crippen LogP contribution in [0.25, 0.3) is 231 Å². The van der Waals surface area contributed by atoms with Crippen molar-refractivity contribution in [2.75, 3.05) is 0 Å². The van der Waals surface area contributed by atoms with E-state index in [-0.39, 0.29) is 0 Å². The summed E-state index contributed by atoms with van der Waals surface area (Å²) in [5, 5.41) is 21.8. The highest BCUT2D eigenvalue weighted by molar-refractivity contribution is 6.30. The summed E-state index contributed by atoms with van der Waals surface area (Å²) >= 11 is 0. The Morgan fingerprint density at radius 1 is 0.161 bits per heavy atom. The zero-order valence-electron chi connectivity index (χ0n) is 64.1. The molecule has 6 nitrogen and oxygen atoms in total. The molecule has 0 spiro atoms. The van der Waals surface area contributed by atoms with E-state index in [0.717, 1.165) is 93.9 Å². The van der Waals surface area contributed by atoms with Gasteiger partial charge in [-0.1, -0.05) is 358 Å². The molecule has 24 rings (SSSR count). The zero-order chi connectivity index (χ0) is 77.7. The number of aromatic nitrogens is 6. The molecule has 0 saturated heterocycles. The first-order valence-electron chi connectivity index (χ1n) is 40.3. The first-order valence-corrected chi connectivity index (χ1v) is 40.3. The van der Waals surface area contributed by atoms with Gasteiger partial charge in [0.25, 0.3) is 0 Å². The van der Waals surface area contributed by atoms with E-state index in [1.54, 1.807) is 0 Å². The minimum Gasteiger partial charge on any atom is -0.309 e. The second-order valence-electron chi connectivity index (χ2n) is 30.7. The van der Waals surface area contributed by atoms with Crippen LogP contribution in [0.1, 0.15) is 0 Å². The molecule has 4 heterocycles. The van der Waals surface area contributed by atoms with Crippen molar-refractivity contribution in [2.45, 2.75) is 0 Å². The Kier molecular flexibility index (Phi) is 16.2. The Labute approximate surface area is 680 Å². The fourth-order valence-corrected chi connectivity index (χ4v) is 18.3. The van der Waals surface area contributed by atoms with Gasteiger partial charge in [-0.15, -0.1) is 0 Å². The molecule has 0 fully saturated rings. The molecule has 0 radical (unpaired) electrons. The van der Waals surface area contributed by atoms with E-state index in [4.69, 9.17) is 19.9 Å². The van der Waals surface area contributed by atoms with Gasteiger partial charge in [-0.3, -0.25) is 0 Å². The number of rotatable bonds is 10. The van der Waals surface area contributed by atoms with Gasteiger partial charge in [0.05, 0.1) is 44.5 Å². The molecule has 4 aromatic heterocycles. The number of nitrogens with zero attached hydrogens (tertiary/aromatic N) is 6. The van der Waals surface area contributed by atoms with Crippen molar-refractivity contribution in [3.05, 3.63) is 425 Å². The van der Waals surface area contributed by atoms with Gasteiger partial charge >= 0.3 is 0 Å². The minimum absolute atomic E-state index is 0.712. The van der Waals surface area contributed by atoms with Gasteiger partial charge in [0, 0.05) is 65.9 Å². The van der Waals surface area contributed by atoms with Gasteiger partial charge in [0.2, 0.25) is 0 Å². The summed E-state index contributed by atoms with van der Waals surface area (Å²) in [4.78, 5) is 21.1. The standard InChI is InChI=1S/2C56H35N3/c1-2-12-36(13-3-1)37-24-26-38(27-25-37)41-16-10-18-43(34-41)55-49-21-8-9-23-50(49)57-56(58-55)48-22-11-17-42-35-44(30-31-45(42)48)59-51-32-28-39-14-4-6-19-46(39)53(51)54-47-20-7-5-15-40(47)29-33-52(54)59;1-2-11-36(12-3-1)37-21-23-38(24-22-37)39-25-27-42(28-26-39)55-49-18-8-9-20-50(49)57-56(58-55)48-19-10-15-43-35-44(31-32-45(43)48)59-51-33-29-40-13-4-6-16-46(40)53(51)54-47-17-7-5-14-41(47)30-34-52(54)59/h2*1-35H. The smallest absolute Gasteiger partial charge is 0.161 e. The highest BCUT2D eigenvalue weighted by atomic mass is 15.0. The molecule has 0 unspecified atom stereocenters. The molecule has 6 heteroatoms. The molecule has 0 aliphatic heterocycles. The predicted octanol–water partition coefficient (Wildman–Crippen LogP) is 29.7. The molecule has 20 aromatic carbocycles. The van der Waals surface area contributed by atoms with Crippen LogP contribution in [0.15, 0.2) is 425 Å². The third-order valence-electron chi connectivity index (χ3n) is 24.0. The number of fused-ring (bicyclic) bond motifs is 18. The van der Waals surface area contributed by atoms with E-state index in [1.165, 1.54) is 126 Å². The van der Waals surface area contributed by atoms with Crippen LogP contribution in [0, 0.1) is 0 Å². The molecule has 24 aromatic rings. The average Bonchev–Trinajstić information content (AvgIpc) is 1.56. The lowest BCUT2D eigenvalue weighted by Gasteiger charge is -2.14. The summed E-state index contributed by atoms with van der Waals surface area (Å²) in [7, 11) is 0. The quantitative estimate of drug-likeness (QED) is 0.137. The van der Waals surface area contributed by atoms with Crippen LogP contribution in [-0.2, 0) is 0 Å². The van der Waals surface area contributed by atoms with Gasteiger partial charge in [0.1, 0.15) is 0 Å². The summed E-state index contributed by atoms with van der Waals surface area (Å²) in [5.74, 6) is 1.43. The van der Waals surface area contributed by atoms with E-state index in [9.17, 15) is 0 Å². The van der Waals surface area contributed by atoms with Crippen LogP contribution in [0.5, 0.6) is 0 Å². The second kappa shape index (κ2) is 28.1. The highest BCUT2D eigenvalue weighted by Crippen LogP contribution is 2.46. The summed E-state index contributed by atoms with van der Waals surface area (Å²) in [5.41, 5.74) is 24.4. The van der Waals surface area contributed by atoms with Gasteiger partial charge in [-0.2, -0.15) is 0 Å². The molecule has 0 aliphatic rings. The maximum atomic E-state index is 5.38. The summed E-state index contributed by atoms with van der Waals surface area (Å²) < 4.78 is 4.87. The summed E-state index contributed by atoms with van der Waals surface area (Å²) in [6.07, 6.45) is 0. The predicted molar refractivity (Wildman–Crippen MR) is 496 cm³/mol. The Morgan fingerprint density at radius 2 is 0.449 bits per heavy atom. The number of hydrogen-bond donors (Lipinski definition) is 0. The largest absolute Gasteiger partial charge is 0.309 e. The summed E-state index contributed by atoms with van der Waals surface area (Å²) in [6.45, 7) is 0. The van der Waals surface area contributed by atoms with Crippen molar-refractivity contribution in [3.8, 4) is 101 Å². The average molecular weight is 1500 g/mol. The molecule has 118 heavy (non-hydrogen) atoms. The summed E-state index contributed by atoms with van der Waals surface area (Å²) in [6, 6.07) is 152. The Morgan fingerprint density at radius 3 is 0.839 bits per heavy atom. The molecular weight excluding hydrogens is 1430 g/mol. The van der Waals surface area contributed by atoms with Crippen molar-refractivity contribution >= 4 is 130 Å². The van der Waals surface area contributed by atoms with E-state index in [1.807, 2.05) is 0 Å². The molecule has 0 saturated carbocycles. The maximum Gasteiger partial charge on any atom is 0.161 e. The van der Waals surface area contributed by atoms with Gasteiger partial charge in [-0.25, -0.2) is 19.9 Å². The molecule has 0 N–H and O–H groups in total. The number of para-hydroxylation sites is 2. The molecule has 0 atom stereocenters. The van der Waals surface area contributed by atoms with E-state index in [2.05, 4.69) is 434 Å². The van der Waals surface area contributed by atoms with Crippen LogP contribution in [0.2, 0.25) is 0 Å². The van der Waals surface area contributed by atoms with Crippen LogP contribution >= 0.6 is 0 Å². The third-order valence-corrected chi connectivity index (χ3v) is 24.0. The van der Waals surface area contributed by atoms with Gasteiger partial charge in [0.15, 0.2) is 11.6 Å². The monoisotopic (exact) mass is 1500 g/mol. The molecule has 0 bridgehead atoms. The Bertz CT molecular complexity index is 7960. The topological polar surface area (TPSA) is 61.4 Å². The number of benzene rings is 20. The molecular formula is C112H70N6. The minimum atomic E-state index is 0.712. The Hall–Kier alpha value is -15.8. The zero-order valence-corrected chi connectivity index (χ0v) is 64.1. The SMILES string of the molecule is c1ccc(-c2ccc(-c3ccc(-c4nc(-c5cccc6cc(-n7c8ccc9ccccc9c8c8c9ccccc9ccc87)ccc56)nc5ccccc45)cc3)cc2)cc1.c1ccc(-c2ccc(-c3cccc(-c4nc(-c5cccc6cc(-n7c8ccc9ccccc9c8c8c9ccccc9ccc87)ccc56)nc5ccccc45)c3)cc2)cc1. The van der Waals surface area contributed by atoms with Gasteiger partial charge in [-0.05, 0) is 176 Å². The second-order valence-corrected chi connectivity index (χ2v) is 30.7. The molecule has 0 amide bonds. The lowest BCUT2D eigenvalue weighted by Crippen LogP contribution is -1.97. The molecule has 548 valence electrons. The fourth-order valence-electron chi connectivity index (χ4n) is 18.3. The maximum absolute atomic E-state index is 5.38. The fraction of sp³-hybridized carbons (Fsp3) is 0. The van der Waals surface area contributed by atoms with E-state index < -0.39 is 0 Å². The van der Waals surface area contributed by atoms with E-state index >= 15 is 0 Å². The third kappa shape index (κ3) is 11.6. The first-order chi connectivity index (χ1) is 58.5. The lowest BCUT2D eigenvalue weighted by molar-refractivity contribution is 1.19. The Balaban J connectivity index is 0.000000138. The van der Waals surface area contributed by atoms with Crippen LogP contribution in [0.4, 0.5) is 0 Å². The van der Waals surface area contributed by atoms with Crippen LogP contribution in [-0.4, -0.2) is 29.1 Å². The van der Waals surface area contributed by atoms with Crippen molar-refractivity contribution < 1.29 is 0 Å². The first kappa shape index (κ1) is 67.9. The van der Waals surface area contributed by atoms with E-state index in [0.29, 0.717) is 11.6 Å². The normalized spacial score (nSPS) is 11.7. The number of hydrogen-bond acceptors (Lipinski definition) is 4. The van der Waals surface area contributed by atoms with Crippen molar-refractivity contribution in [1.82, 2.24) is 29.1 Å².